The second-order valence-electron chi connectivity index (χ2n) is 7.15. The van der Waals surface area contributed by atoms with E-state index in [2.05, 4.69) is 4.74 Å². The molecular formula is C20H23F2N3O2. The summed E-state index contributed by atoms with van der Waals surface area (Å²) >= 11 is 0. The average Bonchev–Trinajstić information content (AvgIpc) is 2.88. The highest BCUT2D eigenvalue weighted by molar-refractivity contribution is 5.68. The van der Waals surface area contributed by atoms with Crippen LogP contribution in [0.3, 0.4) is 0 Å². The smallest absolute Gasteiger partial charge is 0.387 e. The van der Waals surface area contributed by atoms with Crippen molar-refractivity contribution >= 4 is 5.52 Å². The summed E-state index contributed by atoms with van der Waals surface area (Å²) in [5, 5.41) is 4.71. The fraction of sp³-hybridized carbons (Fsp3) is 0.400. The molecule has 0 aliphatic heterocycles. The van der Waals surface area contributed by atoms with Crippen molar-refractivity contribution in [1.82, 2.24) is 14.2 Å². The molecule has 0 atom stereocenters. The molecule has 0 N–H and O–H groups in total. The van der Waals surface area contributed by atoms with Crippen molar-refractivity contribution in [3.63, 3.8) is 0 Å². The van der Waals surface area contributed by atoms with E-state index in [1.807, 2.05) is 26.8 Å². The molecule has 1 aromatic carbocycles. The van der Waals surface area contributed by atoms with E-state index < -0.39 is 6.61 Å². The van der Waals surface area contributed by atoms with Gasteiger partial charge in [0.25, 0.3) is 5.56 Å². The molecule has 0 spiro atoms. The second kappa shape index (κ2) is 6.79. The Balaban J connectivity index is 2.29. The third-order valence-electron chi connectivity index (χ3n) is 4.78. The predicted molar refractivity (Wildman–Crippen MR) is 101 cm³/mol. The van der Waals surface area contributed by atoms with E-state index in [0.717, 1.165) is 16.8 Å². The summed E-state index contributed by atoms with van der Waals surface area (Å²) in [6.45, 7) is 6.69. The standard InChI is InChI=1S/C20H23F2N3O2/c1-10(2)15-9-13(5)25-17(15)19(26)24(6)18(23-25)16-11(3)7-14(8-12(16)4)27-20(21)22/h7-10,20H,1-6H3. The topological polar surface area (TPSA) is 48.5 Å². The van der Waals surface area contributed by atoms with Crippen molar-refractivity contribution in [1.29, 1.82) is 0 Å². The van der Waals surface area contributed by atoms with Gasteiger partial charge in [-0.2, -0.15) is 8.78 Å². The Hall–Kier alpha value is -2.70. The molecule has 0 saturated carbocycles. The summed E-state index contributed by atoms with van der Waals surface area (Å²) in [7, 11) is 1.68. The zero-order chi connectivity index (χ0) is 20.0. The number of halogens is 2. The Morgan fingerprint density at radius 1 is 1.07 bits per heavy atom. The fourth-order valence-corrected chi connectivity index (χ4v) is 3.52. The predicted octanol–water partition coefficient (Wildman–Crippen LogP) is 4.35. The van der Waals surface area contributed by atoms with Gasteiger partial charge >= 0.3 is 6.61 Å². The minimum Gasteiger partial charge on any atom is -0.435 e. The van der Waals surface area contributed by atoms with Gasteiger partial charge in [0.15, 0.2) is 5.82 Å². The Morgan fingerprint density at radius 3 is 2.19 bits per heavy atom. The van der Waals surface area contributed by atoms with Crippen LogP contribution in [0.1, 0.15) is 42.1 Å². The molecule has 5 nitrogen and oxygen atoms in total. The average molecular weight is 375 g/mol. The van der Waals surface area contributed by atoms with Crippen molar-refractivity contribution in [2.45, 2.75) is 47.1 Å². The molecule has 7 heteroatoms. The van der Waals surface area contributed by atoms with Gasteiger partial charge in [-0.1, -0.05) is 13.8 Å². The van der Waals surface area contributed by atoms with Gasteiger partial charge in [0, 0.05) is 18.3 Å². The number of aromatic nitrogens is 3. The molecule has 0 unspecified atom stereocenters. The normalized spacial score (nSPS) is 11.8. The lowest BCUT2D eigenvalue weighted by Crippen LogP contribution is -2.24. The first kappa shape index (κ1) is 19.1. The van der Waals surface area contributed by atoms with Crippen LogP contribution >= 0.6 is 0 Å². The molecule has 3 aromatic rings. The zero-order valence-electron chi connectivity index (χ0n) is 16.3. The number of ether oxygens (including phenoxy) is 1. The maximum absolute atomic E-state index is 13.1. The number of benzene rings is 1. The van der Waals surface area contributed by atoms with Crippen molar-refractivity contribution < 1.29 is 13.5 Å². The van der Waals surface area contributed by atoms with Gasteiger partial charge in [-0.05, 0) is 61.6 Å². The first-order valence-corrected chi connectivity index (χ1v) is 8.77. The summed E-state index contributed by atoms with van der Waals surface area (Å²) < 4.78 is 32.8. The molecule has 2 heterocycles. The number of rotatable bonds is 4. The quantitative estimate of drug-likeness (QED) is 0.681. The van der Waals surface area contributed by atoms with Gasteiger partial charge < -0.3 is 4.74 Å². The molecule has 0 bridgehead atoms. The van der Waals surface area contributed by atoms with Gasteiger partial charge in [-0.15, -0.1) is 5.10 Å². The van der Waals surface area contributed by atoms with Crippen LogP contribution in [0.2, 0.25) is 0 Å². The minimum absolute atomic E-state index is 0.0917. The maximum Gasteiger partial charge on any atom is 0.387 e. The van der Waals surface area contributed by atoms with Gasteiger partial charge in [-0.3, -0.25) is 9.36 Å². The van der Waals surface area contributed by atoms with Crippen LogP contribution in [-0.4, -0.2) is 20.8 Å². The third-order valence-corrected chi connectivity index (χ3v) is 4.78. The Labute approximate surface area is 156 Å². The van der Waals surface area contributed by atoms with Gasteiger partial charge in [0.1, 0.15) is 11.3 Å². The van der Waals surface area contributed by atoms with Gasteiger partial charge in [0.2, 0.25) is 0 Å². The molecule has 144 valence electrons. The number of alkyl halides is 2. The van der Waals surface area contributed by atoms with Crippen molar-refractivity contribution in [2.24, 2.45) is 7.05 Å². The van der Waals surface area contributed by atoms with Crippen molar-refractivity contribution in [3.8, 4) is 17.1 Å². The molecular weight excluding hydrogens is 352 g/mol. The van der Waals surface area contributed by atoms with Crippen LogP contribution in [0.15, 0.2) is 23.0 Å². The lowest BCUT2D eigenvalue weighted by Gasteiger charge is -2.16. The summed E-state index contributed by atoms with van der Waals surface area (Å²) in [6, 6.07) is 5.05. The van der Waals surface area contributed by atoms with Crippen molar-refractivity contribution in [3.05, 3.63) is 50.9 Å². The Bertz CT molecular complexity index is 1060. The lowest BCUT2D eigenvalue weighted by atomic mass is 10.0. The summed E-state index contributed by atoms with van der Waals surface area (Å²) in [5.41, 5.74) is 4.42. The van der Waals surface area contributed by atoms with Crippen LogP contribution in [0.4, 0.5) is 8.78 Å². The number of fused-ring (bicyclic) bond motifs is 1. The minimum atomic E-state index is -2.88. The van der Waals surface area contributed by atoms with E-state index in [1.54, 1.807) is 25.4 Å². The number of nitrogens with zero attached hydrogens (tertiary/aromatic N) is 3. The van der Waals surface area contributed by atoms with Crippen LogP contribution in [0.25, 0.3) is 16.9 Å². The summed E-state index contributed by atoms with van der Waals surface area (Å²) in [5.74, 6) is 0.775. The number of hydrogen-bond donors (Lipinski definition) is 0. The highest BCUT2D eigenvalue weighted by Crippen LogP contribution is 2.31. The highest BCUT2D eigenvalue weighted by atomic mass is 19.3. The van der Waals surface area contributed by atoms with E-state index in [-0.39, 0.29) is 17.2 Å². The van der Waals surface area contributed by atoms with E-state index >= 15 is 0 Å². The fourth-order valence-electron chi connectivity index (χ4n) is 3.52. The van der Waals surface area contributed by atoms with Crippen LogP contribution in [0, 0.1) is 20.8 Å². The molecule has 2 aromatic heterocycles. The van der Waals surface area contributed by atoms with Crippen LogP contribution in [-0.2, 0) is 7.05 Å². The molecule has 0 aliphatic rings. The number of aryl methyl sites for hydroxylation is 3. The molecule has 0 amide bonds. The van der Waals surface area contributed by atoms with Gasteiger partial charge in [-0.25, -0.2) is 4.52 Å². The largest absolute Gasteiger partial charge is 0.435 e. The number of hydrogen-bond acceptors (Lipinski definition) is 3. The molecule has 0 fully saturated rings. The molecule has 3 rings (SSSR count). The molecule has 0 saturated heterocycles. The first-order chi connectivity index (χ1) is 12.6. The first-order valence-electron chi connectivity index (χ1n) is 8.77. The van der Waals surface area contributed by atoms with Gasteiger partial charge in [0.05, 0.1) is 0 Å². The summed E-state index contributed by atoms with van der Waals surface area (Å²) in [6.07, 6.45) is 0. The lowest BCUT2D eigenvalue weighted by molar-refractivity contribution is -0.0498. The molecule has 0 radical (unpaired) electrons. The van der Waals surface area contributed by atoms with Crippen LogP contribution in [0.5, 0.6) is 5.75 Å². The second-order valence-corrected chi connectivity index (χ2v) is 7.15. The molecule has 0 aliphatic carbocycles. The van der Waals surface area contributed by atoms with E-state index in [9.17, 15) is 13.6 Å². The van der Waals surface area contributed by atoms with E-state index in [4.69, 9.17) is 5.10 Å². The maximum atomic E-state index is 13.1. The molecule has 27 heavy (non-hydrogen) atoms. The van der Waals surface area contributed by atoms with Crippen molar-refractivity contribution in [2.75, 3.05) is 0 Å². The Kier molecular flexibility index (Phi) is 4.80. The third kappa shape index (κ3) is 3.22. The monoisotopic (exact) mass is 375 g/mol. The Morgan fingerprint density at radius 2 is 1.67 bits per heavy atom. The zero-order valence-corrected chi connectivity index (χ0v) is 16.3. The summed E-state index contributed by atoms with van der Waals surface area (Å²) in [4.78, 5) is 13.1. The SMILES string of the molecule is Cc1cc(OC(F)F)cc(C)c1-c1nn2c(C)cc(C(C)C)c2c(=O)n1C. The van der Waals surface area contributed by atoms with E-state index in [1.165, 1.54) is 16.7 Å². The van der Waals surface area contributed by atoms with Crippen LogP contribution < -0.4 is 10.3 Å². The highest BCUT2D eigenvalue weighted by Gasteiger charge is 2.20. The van der Waals surface area contributed by atoms with E-state index in [0.29, 0.717) is 22.5 Å².